The van der Waals surface area contributed by atoms with Crippen LogP contribution in [0.25, 0.3) is 0 Å². The molecule has 0 aromatic heterocycles. The Labute approximate surface area is 101 Å². The molecular formula is C9H13BrNO5+. The number of hydroxylamine groups is 1. The van der Waals surface area contributed by atoms with Gasteiger partial charge in [0.25, 0.3) is 0 Å². The van der Waals surface area contributed by atoms with Crippen LogP contribution < -0.4 is 0 Å². The quantitative estimate of drug-likeness (QED) is 0.335. The number of carbonyl (C=O) groups is 2. The van der Waals surface area contributed by atoms with E-state index in [4.69, 9.17) is 4.74 Å². The molecule has 0 unspecified atom stereocenters. The first kappa shape index (κ1) is 13.1. The first-order chi connectivity index (χ1) is 7.65. The van der Waals surface area contributed by atoms with Crippen molar-refractivity contribution in [2.45, 2.75) is 19.3 Å². The Morgan fingerprint density at radius 1 is 1.44 bits per heavy atom. The van der Waals surface area contributed by atoms with Gasteiger partial charge in [0.2, 0.25) is 0 Å². The van der Waals surface area contributed by atoms with E-state index in [-0.39, 0.29) is 31.8 Å². The van der Waals surface area contributed by atoms with Crippen molar-refractivity contribution in [2.75, 3.05) is 18.5 Å². The van der Waals surface area contributed by atoms with Gasteiger partial charge in [-0.1, -0.05) is 15.9 Å². The summed E-state index contributed by atoms with van der Waals surface area (Å²) in [5.74, 6) is -1.23. The molecule has 7 heteroatoms. The number of hydrogen-bond acceptors (Lipinski definition) is 4. The molecule has 0 aromatic rings. The molecule has 0 fully saturated rings. The largest absolute Gasteiger partial charge is 0.460 e. The number of aliphatic hydroxyl groups excluding tert-OH is 1. The number of halogens is 1. The van der Waals surface area contributed by atoms with Crippen LogP contribution in [0.2, 0.25) is 0 Å². The fourth-order valence-corrected chi connectivity index (χ4v) is 1.36. The van der Waals surface area contributed by atoms with Crippen LogP contribution in [-0.2, 0) is 19.2 Å². The molecule has 90 valence electrons. The van der Waals surface area contributed by atoms with Crippen molar-refractivity contribution in [1.82, 2.24) is 0 Å². The minimum Gasteiger partial charge on any atom is -0.460 e. The number of rotatable bonds is 6. The van der Waals surface area contributed by atoms with Crippen molar-refractivity contribution >= 4 is 33.7 Å². The second-order valence-corrected chi connectivity index (χ2v) is 3.91. The third-order valence-electron chi connectivity index (χ3n) is 1.89. The second-order valence-electron chi connectivity index (χ2n) is 3.12. The first-order valence-electron chi connectivity index (χ1n) is 4.87. The molecule has 1 aliphatic heterocycles. The summed E-state index contributed by atoms with van der Waals surface area (Å²) in [4.78, 5) is 27.0. The lowest BCUT2D eigenvalue weighted by Crippen LogP contribution is -2.24. The van der Waals surface area contributed by atoms with Crippen LogP contribution in [-0.4, -0.2) is 46.2 Å². The van der Waals surface area contributed by atoms with Gasteiger partial charge in [-0.3, -0.25) is 0 Å². The van der Waals surface area contributed by atoms with Crippen LogP contribution in [0, 0.1) is 0 Å². The van der Waals surface area contributed by atoms with Crippen molar-refractivity contribution in [2.24, 2.45) is 0 Å². The summed E-state index contributed by atoms with van der Waals surface area (Å²) in [6.45, 7) is 0.737. The first-order valence-corrected chi connectivity index (χ1v) is 5.99. The maximum atomic E-state index is 11.2. The summed E-state index contributed by atoms with van der Waals surface area (Å²) < 4.78 is 5.70. The minimum absolute atomic E-state index is 0.0457. The van der Waals surface area contributed by atoms with Crippen LogP contribution in [0.3, 0.4) is 0 Å². The van der Waals surface area contributed by atoms with E-state index in [1.165, 1.54) is 0 Å². The monoisotopic (exact) mass is 294 g/mol. The van der Waals surface area contributed by atoms with Crippen LogP contribution >= 0.6 is 15.9 Å². The highest BCUT2D eigenvalue weighted by Crippen LogP contribution is 2.05. The number of aliphatic hydroxyl groups is 1. The lowest BCUT2D eigenvalue weighted by molar-refractivity contribution is -0.694. The van der Waals surface area contributed by atoms with Gasteiger partial charge >= 0.3 is 17.8 Å². The van der Waals surface area contributed by atoms with Gasteiger partial charge in [-0.05, 0) is 0 Å². The summed E-state index contributed by atoms with van der Waals surface area (Å²) in [7, 11) is 0. The lowest BCUT2D eigenvalue weighted by Gasteiger charge is -1.99. The third kappa shape index (κ3) is 3.90. The molecular weight excluding hydrogens is 282 g/mol. The Balaban J connectivity index is 2.29. The van der Waals surface area contributed by atoms with Crippen molar-refractivity contribution in [3.63, 3.8) is 0 Å². The fourth-order valence-electron chi connectivity index (χ4n) is 1.13. The predicted molar refractivity (Wildman–Crippen MR) is 57.5 cm³/mol. The normalized spacial score (nSPS) is 15.7. The van der Waals surface area contributed by atoms with E-state index in [0.717, 1.165) is 0 Å². The van der Waals surface area contributed by atoms with Gasteiger partial charge in [-0.15, -0.1) is 0 Å². The lowest BCUT2D eigenvalue weighted by atomic mass is 10.4. The third-order valence-corrected chi connectivity index (χ3v) is 2.21. The maximum Gasteiger partial charge on any atom is 0.439 e. The summed E-state index contributed by atoms with van der Waals surface area (Å²) in [5.41, 5.74) is 0. The molecule has 0 atom stereocenters. The average molecular weight is 295 g/mol. The van der Waals surface area contributed by atoms with E-state index in [0.29, 0.717) is 16.7 Å². The Morgan fingerprint density at radius 2 is 2.19 bits per heavy atom. The van der Waals surface area contributed by atoms with E-state index >= 15 is 0 Å². The number of alkyl halides is 1. The molecule has 6 nitrogen and oxygen atoms in total. The Kier molecular flexibility index (Phi) is 5.41. The van der Waals surface area contributed by atoms with Gasteiger partial charge < -0.3 is 9.84 Å². The highest BCUT2D eigenvalue weighted by molar-refractivity contribution is 9.09. The highest BCUT2D eigenvalue weighted by atomic mass is 79.9. The topological polar surface area (TPSA) is 75.8 Å². The molecule has 0 saturated heterocycles. The molecule has 0 bridgehead atoms. The highest BCUT2D eigenvalue weighted by Gasteiger charge is 2.36. The Morgan fingerprint density at radius 3 is 2.75 bits per heavy atom. The van der Waals surface area contributed by atoms with E-state index in [1.54, 1.807) is 0 Å². The van der Waals surface area contributed by atoms with Crippen LogP contribution in [0.4, 0.5) is 0 Å². The minimum atomic E-state index is -0.601. The summed E-state index contributed by atoms with van der Waals surface area (Å²) in [6.07, 6.45) is 0.426. The number of nitrogens with zero attached hydrogens (tertiary/aromatic N) is 1. The summed E-state index contributed by atoms with van der Waals surface area (Å²) in [5, 5.41) is 9.92. The molecule has 1 N–H and O–H groups in total. The number of ether oxygens (including phenoxy) is 1. The summed E-state index contributed by atoms with van der Waals surface area (Å²) in [6, 6.07) is 0. The van der Waals surface area contributed by atoms with Gasteiger partial charge in [0, 0.05) is 5.33 Å². The van der Waals surface area contributed by atoms with Crippen LogP contribution in [0.15, 0.2) is 0 Å². The zero-order valence-electron chi connectivity index (χ0n) is 8.65. The second kappa shape index (κ2) is 6.59. The average Bonchev–Trinajstić information content (AvgIpc) is 2.56. The maximum absolute atomic E-state index is 11.2. The van der Waals surface area contributed by atoms with Crippen molar-refractivity contribution in [3.8, 4) is 0 Å². The molecule has 1 heterocycles. The molecule has 1 aliphatic rings. The molecule has 0 spiro atoms. The predicted octanol–water partition coefficient (Wildman–Crippen LogP) is 0.536. The number of amides is 1. The number of carbonyl (C=O) groups excluding carboxylic acids is 2. The molecule has 0 aromatic carbocycles. The van der Waals surface area contributed by atoms with Crippen molar-refractivity contribution in [1.29, 1.82) is 0 Å². The summed E-state index contributed by atoms with van der Waals surface area (Å²) >= 11 is 3.17. The molecule has 0 aliphatic carbocycles. The van der Waals surface area contributed by atoms with Gasteiger partial charge in [0.1, 0.15) is 0 Å². The molecule has 1 rings (SSSR count). The Hall–Kier alpha value is -0.950. The van der Waals surface area contributed by atoms with E-state index in [9.17, 15) is 14.7 Å². The zero-order valence-corrected chi connectivity index (χ0v) is 10.2. The van der Waals surface area contributed by atoms with Crippen LogP contribution in [0.5, 0.6) is 0 Å². The molecule has 16 heavy (non-hydrogen) atoms. The van der Waals surface area contributed by atoms with Gasteiger partial charge in [-0.25, -0.2) is 9.59 Å². The molecule has 0 radical (unpaired) electrons. The number of hydrogen-bond donors (Lipinski definition) is 1. The smallest absolute Gasteiger partial charge is 0.439 e. The van der Waals surface area contributed by atoms with Crippen molar-refractivity contribution < 1.29 is 29.0 Å². The van der Waals surface area contributed by atoms with Gasteiger partial charge in [-0.2, -0.15) is 4.84 Å². The SMILES string of the molecule is O=C(CCOCCBr)O[N+]1=C(O)CCC1=O. The molecule has 0 saturated carbocycles. The van der Waals surface area contributed by atoms with Crippen LogP contribution in [0.1, 0.15) is 19.3 Å². The van der Waals surface area contributed by atoms with Gasteiger partial charge in [0.05, 0.1) is 37.2 Å². The van der Waals surface area contributed by atoms with Crippen molar-refractivity contribution in [3.05, 3.63) is 0 Å². The molecule has 1 amide bonds. The van der Waals surface area contributed by atoms with E-state index in [2.05, 4.69) is 20.8 Å². The van der Waals surface area contributed by atoms with E-state index in [1.807, 2.05) is 0 Å². The van der Waals surface area contributed by atoms with Gasteiger partial charge in [0.15, 0.2) is 0 Å². The Bertz CT molecular complexity index is 315. The fraction of sp³-hybridized carbons (Fsp3) is 0.667. The van der Waals surface area contributed by atoms with E-state index < -0.39 is 11.9 Å². The zero-order chi connectivity index (χ0) is 12.0. The standard InChI is InChI=1S/C9H12BrNO5/c10-4-6-15-5-3-9(14)16-11-7(12)1-2-8(11)13/h1-6H2/p+1.